The molecule has 5 nitrogen and oxygen atoms in total. The van der Waals surface area contributed by atoms with Crippen molar-refractivity contribution in [1.82, 2.24) is 0 Å². The summed E-state index contributed by atoms with van der Waals surface area (Å²) in [6.07, 6.45) is 0. The standard InChI is InChI=1S/C28H24FN3O2/c1-19(20-6-3-2-4-7-20)30-24-14-16-25(17-15-24)31-28(34)22-8-5-9-26(18-22)32-27(33)21-10-12-23(29)13-11-21/h2-19,30H,1H3,(H,31,34)(H,32,33). The maximum absolute atomic E-state index is 13.1. The van der Waals surface area contributed by atoms with Crippen molar-refractivity contribution >= 4 is 28.9 Å². The maximum Gasteiger partial charge on any atom is 0.255 e. The molecular formula is C28H24FN3O2. The molecule has 1 unspecified atom stereocenters. The smallest absolute Gasteiger partial charge is 0.255 e. The molecule has 6 heteroatoms. The van der Waals surface area contributed by atoms with Crippen LogP contribution < -0.4 is 16.0 Å². The molecule has 4 aromatic rings. The number of carbonyl (C=O) groups is 2. The Kier molecular flexibility index (Phi) is 6.98. The molecule has 0 aromatic heterocycles. The van der Waals surface area contributed by atoms with Crippen molar-refractivity contribution in [3.05, 3.63) is 126 Å². The summed E-state index contributed by atoms with van der Waals surface area (Å²) in [5.74, 6) is -1.09. The second kappa shape index (κ2) is 10.4. The van der Waals surface area contributed by atoms with Crippen LogP contribution in [-0.2, 0) is 0 Å². The van der Waals surface area contributed by atoms with Gasteiger partial charge in [0.2, 0.25) is 0 Å². The van der Waals surface area contributed by atoms with Crippen LogP contribution in [0.25, 0.3) is 0 Å². The molecule has 0 radical (unpaired) electrons. The van der Waals surface area contributed by atoms with Crippen molar-refractivity contribution < 1.29 is 14.0 Å². The van der Waals surface area contributed by atoms with E-state index in [2.05, 4.69) is 35.0 Å². The second-order valence-corrected chi connectivity index (χ2v) is 7.85. The fraction of sp³-hybridized carbons (Fsp3) is 0.0714. The van der Waals surface area contributed by atoms with Crippen LogP contribution in [0.15, 0.2) is 103 Å². The number of benzene rings is 4. The first-order valence-corrected chi connectivity index (χ1v) is 10.9. The Morgan fingerprint density at radius 1 is 0.647 bits per heavy atom. The van der Waals surface area contributed by atoms with E-state index in [9.17, 15) is 14.0 Å². The highest BCUT2D eigenvalue weighted by Crippen LogP contribution is 2.21. The molecule has 0 fully saturated rings. The Balaban J connectivity index is 1.37. The zero-order chi connectivity index (χ0) is 23.9. The molecule has 0 aliphatic rings. The number of carbonyl (C=O) groups excluding carboxylic acids is 2. The minimum absolute atomic E-state index is 0.148. The van der Waals surface area contributed by atoms with Crippen LogP contribution in [0.5, 0.6) is 0 Å². The molecule has 0 aliphatic heterocycles. The van der Waals surface area contributed by atoms with Gasteiger partial charge in [0.25, 0.3) is 11.8 Å². The topological polar surface area (TPSA) is 70.2 Å². The quantitative estimate of drug-likeness (QED) is 0.299. The molecule has 0 heterocycles. The predicted molar refractivity (Wildman–Crippen MR) is 134 cm³/mol. The van der Waals surface area contributed by atoms with Crippen LogP contribution in [0, 0.1) is 5.82 Å². The zero-order valence-corrected chi connectivity index (χ0v) is 18.6. The van der Waals surface area contributed by atoms with Gasteiger partial charge in [-0.25, -0.2) is 4.39 Å². The largest absolute Gasteiger partial charge is 0.379 e. The second-order valence-electron chi connectivity index (χ2n) is 7.85. The van der Waals surface area contributed by atoms with Gasteiger partial charge in [0.1, 0.15) is 5.82 Å². The van der Waals surface area contributed by atoms with Gasteiger partial charge in [0.05, 0.1) is 0 Å². The number of rotatable bonds is 7. The van der Waals surface area contributed by atoms with Gasteiger partial charge >= 0.3 is 0 Å². The van der Waals surface area contributed by atoms with Gasteiger partial charge in [-0.2, -0.15) is 0 Å². The normalized spacial score (nSPS) is 11.4. The van der Waals surface area contributed by atoms with Crippen molar-refractivity contribution in [2.24, 2.45) is 0 Å². The molecular weight excluding hydrogens is 429 g/mol. The molecule has 0 saturated carbocycles. The van der Waals surface area contributed by atoms with Gasteiger partial charge in [-0.1, -0.05) is 36.4 Å². The summed E-state index contributed by atoms with van der Waals surface area (Å²) in [4.78, 5) is 25.1. The Morgan fingerprint density at radius 3 is 1.97 bits per heavy atom. The molecule has 4 rings (SSSR count). The lowest BCUT2D eigenvalue weighted by molar-refractivity contribution is 0.101. The molecule has 0 bridgehead atoms. The van der Waals surface area contributed by atoms with E-state index in [4.69, 9.17) is 0 Å². The third-order valence-electron chi connectivity index (χ3n) is 5.31. The van der Waals surface area contributed by atoms with Crippen LogP contribution >= 0.6 is 0 Å². The van der Waals surface area contributed by atoms with E-state index in [1.54, 1.807) is 24.3 Å². The molecule has 0 spiro atoms. The van der Waals surface area contributed by atoms with Crippen LogP contribution in [0.2, 0.25) is 0 Å². The highest BCUT2D eigenvalue weighted by molar-refractivity contribution is 6.07. The Hall–Kier alpha value is -4.45. The van der Waals surface area contributed by atoms with Gasteiger partial charge in [-0.05, 0) is 79.2 Å². The highest BCUT2D eigenvalue weighted by Gasteiger charge is 2.11. The first kappa shape index (κ1) is 22.7. The van der Waals surface area contributed by atoms with Gasteiger partial charge in [-0.3, -0.25) is 9.59 Å². The van der Waals surface area contributed by atoms with E-state index >= 15 is 0 Å². The van der Waals surface area contributed by atoms with E-state index in [0.717, 1.165) is 5.69 Å². The van der Waals surface area contributed by atoms with Crippen LogP contribution in [0.1, 0.15) is 39.2 Å². The summed E-state index contributed by atoms with van der Waals surface area (Å²) in [6, 6.07) is 29.7. The van der Waals surface area contributed by atoms with Gasteiger partial charge in [0.15, 0.2) is 0 Å². The van der Waals surface area contributed by atoms with Crippen LogP contribution in [0.4, 0.5) is 21.5 Å². The molecule has 170 valence electrons. The molecule has 0 aliphatic carbocycles. The molecule has 4 aromatic carbocycles. The third kappa shape index (κ3) is 5.86. The summed E-state index contributed by atoms with van der Waals surface area (Å²) in [5, 5.41) is 9.03. The van der Waals surface area contributed by atoms with Crippen molar-refractivity contribution in [1.29, 1.82) is 0 Å². The lowest BCUT2D eigenvalue weighted by Crippen LogP contribution is -2.14. The monoisotopic (exact) mass is 453 g/mol. The Bertz CT molecular complexity index is 1270. The molecule has 34 heavy (non-hydrogen) atoms. The molecule has 2 amide bonds. The van der Waals surface area contributed by atoms with E-state index in [-0.39, 0.29) is 17.9 Å². The number of hydrogen-bond donors (Lipinski definition) is 3. The number of anilines is 3. The fourth-order valence-corrected chi connectivity index (χ4v) is 3.47. The molecule has 0 saturated heterocycles. The van der Waals surface area contributed by atoms with E-state index < -0.39 is 5.82 Å². The average Bonchev–Trinajstić information content (AvgIpc) is 2.86. The first-order chi connectivity index (χ1) is 16.5. The zero-order valence-electron chi connectivity index (χ0n) is 18.6. The minimum Gasteiger partial charge on any atom is -0.379 e. The number of hydrogen-bond acceptors (Lipinski definition) is 3. The van der Waals surface area contributed by atoms with Crippen molar-refractivity contribution in [2.75, 3.05) is 16.0 Å². The molecule has 1 atom stereocenters. The predicted octanol–water partition coefficient (Wildman–Crippen LogP) is 6.50. The van der Waals surface area contributed by atoms with Crippen molar-refractivity contribution in [2.45, 2.75) is 13.0 Å². The van der Waals surface area contributed by atoms with Crippen molar-refractivity contribution in [3.8, 4) is 0 Å². The number of amides is 2. The SMILES string of the molecule is CC(Nc1ccc(NC(=O)c2cccc(NC(=O)c3ccc(F)cc3)c2)cc1)c1ccccc1. The summed E-state index contributed by atoms with van der Waals surface area (Å²) in [7, 11) is 0. The minimum atomic E-state index is -0.412. The third-order valence-corrected chi connectivity index (χ3v) is 5.31. The van der Waals surface area contributed by atoms with Gasteiger partial charge < -0.3 is 16.0 Å². The van der Waals surface area contributed by atoms with Crippen molar-refractivity contribution in [3.63, 3.8) is 0 Å². The average molecular weight is 454 g/mol. The van der Waals surface area contributed by atoms with Gasteiger partial charge in [-0.15, -0.1) is 0 Å². The maximum atomic E-state index is 13.1. The van der Waals surface area contributed by atoms with Gasteiger partial charge in [0, 0.05) is 34.2 Å². The Labute approximate surface area is 197 Å². The first-order valence-electron chi connectivity index (χ1n) is 10.9. The molecule has 3 N–H and O–H groups in total. The highest BCUT2D eigenvalue weighted by atomic mass is 19.1. The number of halogens is 1. The fourth-order valence-electron chi connectivity index (χ4n) is 3.47. The van der Waals surface area contributed by atoms with E-state index in [1.807, 2.05) is 42.5 Å². The Morgan fingerprint density at radius 2 is 1.26 bits per heavy atom. The van der Waals surface area contributed by atoms with E-state index in [1.165, 1.54) is 29.8 Å². The summed E-state index contributed by atoms with van der Waals surface area (Å²) in [5.41, 5.74) is 3.98. The lowest BCUT2D eigenvalue weighted by Gasteiger charge is -2.16. The summed E-state index contributed by atoms with van der Waals surface area (Å²) in [6.45, 7) is 2.09. The van der Waals surface area contributed by atoms with Crippen LogP contribution in [-0.4, -0.2) is 11.8 Å². The lowest BCUT2D eigenvalue weighted by atomic mass is 10.1. The summed E-state index contributed by atoms with van der Waals surface area (Å²) < 4.78 is 13.1. The van der Waals surface area contributed by atoms with Crippen LogP contribution in [0.3, 0.4) is 0 Å². The summed E-state index contributed by atoms with van der Waals surface area (Å²) >= 11 is 0. The number of nitrogens with one attached hydrogen (secondary N) is 3. The van der Waals surface area contributed by atoms with E-state index in [0.29, 0.717) is 22.5 Å².